The number of hydrogen-bond donors (Lipinski definition) is 1. The molecule has 3 rings (SSSR count). The van der Waals surface area contributed by atoms with E-state index in [0.717, 1.165) is 42.4 Å². The van der Waals surface area contributed by atoms with E-state index in [1.54, 1.807) is 0 Å². The maximum atomic E-state index is 12.9. The van der Waals surface area contributed by atoms with Gasteiger partial charge in [0.15, 0.2) is 0 Å². The van der Waals surface area contributed by atoms with Gasteiger partial charge in [0.25, 0.3) is 0 Å². The van der Waals surface area contributed by atoms with Crippen molar-refractivity contribution in [2.24, 2.45) is 5.92 Å². The highest BCUT2D eigenvalue weighted by molar-refractivity contribution is 5.70. The average Bonchev–Trinajstić information content (AvgIpc) is 3.07. The fourth-order valence-corrected chi connectivity index (χ4v) is 4.48. The van der Waals surface area contributed by atoms with Gasteiger partial charge in [-0.15, -0.1) is 0 Å². The number of carbonyl (C=O) groups excluding carboxylic acids is 1. The number of amides is 1. The van der Waals surface area contributed by atoms with Crippen LogP contribution in [0, 0.1) is 19.8 Å². The van der Waals surface area contributed by atoms with Crippen LogP contribution in [0.25, 0.3) is 0 Å². The third-order valence-corrected chi connectivity index (χ3v) is 5.60. The van der Waals surface area contributed by atoms with Crippen molar-refractivity contribution < 1.29 is 14.6 Å². The number of carbonyl (C=O) groups is 1. The van der Waals surface area contributed by atoms with Gasteiger partial charge >= 0.3 is 6.09 Å². The van der Waals surface area contributed by atoms with Crippen molar-refractivity contribution in [3.8, 4) is 0 Å². The molecule has 1 aromatic rings. The molecule has 1 aliphatic heterocycles. The molecule has 0 spiro atoms. The van der Waals surface area contributed by atoms with E-state index in [1.165, 1.54) is 0 Å². The Balaban J connectivity index is 1.90. The normalized spacial score (nSPS) is 27.3. The molecule has 1 aromatic carbocycles. The SMILES string of the molecule is Cc1ccc(C)c([C@@H](O)[C@@H]2C[C@H]3CCC[C@H]3N2C(=O)OC(C)(C)C)c1. The predicted octanol–water partition coefficient (Wildman–Crippen LogP) is 4.51. The van der Waals surface area contributed by atoms with E-state index in [0.29, 0.717) is 5.92 Å². The molecule has 0 unspecified atom stereocenters. The van der Waals surface area contributed by atoms with Crippen LogP contribution in [0.2, 0.25) is 0 Å². The van der Waals surface area contributed by atoms with Crippen molar-refractivity contribution in [2.75, 3.05) is 0 Å². The van der Waals surface area contributed by atoms with Gasteiger partial charge in [0.2, 0.25) is 0 Å². The van der Waals surface area contributed by atoms with Gasteiger partial charge in [-0.1, -0.05) is 30.2 Å². The standard InChI is InChI=1S/C21H31NO3/c1-13-9-10-14(2)16(11-13)19(23)18-12-15-7-6-8-17(15)22(18)20(24)25-21(3,4)5/h9-11,15,17-19,23H,6-8,12H2,1-5H3/t15-,17-,18+,19-/m1/s1. The summed E-state index contributed by atoms with van der Waals surface area (Å²) in [5.41, 5.74) is 2.60. The number of fused-ring (bicyclic) bond motifs is 1. The van der Waals surface area contributed by atoms with Crippen molar-refractivity contribution in [3.63, 3.8) is 0 Å². The van der Waals surface area contributed by atoms with Gasteiger partial charge in [-0.25, -0.2) is 4.79 Å². The van der Waals surface area contributed by atoms with E-state index in [9.17, 15) is 9.90 Å². The fourth-order valence-electron chi connectivity index (χ4n) is 4.48. The summed E-state index contributed by atoms with van der Waals surface area (Å²) in [5.74, 6) is 0.484. The van der Waals surface area contributed by atoms with Crippen molar-refractivity contribution in [1.29, 1.82) is 0 Å². The summed E-state index contributed by atoms with van der Waals surface area (Å²) in [7, 11) is 0. The van der Waals surface area contributed by atoms with Crippen LogP contribution >= 0.6 is 0 Å². The minimum atomic E-state index is -0.669. The second-order valence-electron chi connectivity index (χ2n) is 8.75. The van der Waals surface area contributed by atoms with E-state index in [1.807, 2.05) is 51.7 Å². The van der Waals surface area contributed by atoms with Gasteiger partial charge in [-0.2, -0.15) is 0 Å². The Morgan fingerprint density at radius 1 is 1.28 bits per heavy atom. The summed E-state index contributed by atoms with van der Waals surface area (Å²) < 4.78 is 5.68. The van der Waals surface area contributed by atoms with Crippen LogP contribution in [0.3, 0.4) is 0 Å². The smallest absolute Gasteiger partial charge is 0.410 e. The molecule has 1 saturated heterocycles. The number of benzene rings is 1. The zero-order valence-electron chi connectivity index (χ0n) is 16.1. The third kappa shape index (κ3) is 3.69. The van der Waals surface area contributed by atoms with Crippen LogP contribution in [0.1, 0.15) is 69.2 Å². The zero-order valence-corrected chi connectivity index (χ0v) is 16.1. The first-order valence-corrected chi connectivity index (χ1v) is 9.44. The van der Waals surface area contributed by atoms with Crippen LogP contribution in [-0.2, 0) is 4.74 Å². The first-order valence-electron chi connectivity index (χ1n) is 9.44. The van der Waals surface area contributed by atoms with Crippen LogP contribution in [0.5, 0.6) is 0 Å². The molecule has 1 saturated carbocycles. The van der Waals surface area contributed by atoms with Crippen molar-refractivity contribution in [3.05, 3.63) is 34.9 Å². The van der Waals surface area contributed by atoms with Gasteiger partial charge in [-0.05, 0) is 70.9 Å². The number of ether oxygens (including phenoxy) is 1. The van der Waals surface area contributed by atoms with E-state index in [-0.39, 0.29) is 18.2 Å². The summed E-state index contributed by atoms with van der Waals surface area (Å²) in [6.07, 6.45) is 3.22. The second-order valence-corrected chi connectivity index (χ2v) is 8.75. The molecule has 1 N–H and O–H groups in total. The molecule has 1 heterocycles. The quantitative estimate of drug-likeness (QED) is 0.857. The molecule has 1 aliphatic carbocycles. The van der Waals surface area contributed by atoms with E-state index in [4.69, 9.17) is 4.74 Å². The number of hydrogen-bond acceptors (Lipinski definition) is 3. The van der Waals surface area contributed by atoms with Crippen LogP contribution in [-0.4, -0.2) is 33.8 Å². The van der Waals surface area contributed by atoms with Gasteiger partial charge in [0, 0.05) is 6.04 Å². The Bertz CT molecular complexity index is 649. The van der Waals surface area contributed by atoms with Gasteiger partial charge in [0.1, 0.15) is 5.60 Å². The van der Waals surface area contributed by atoms with Crippen molar-refractivity contribution >= 4 is 6.09 Å². The van der Waals surface area contributed by atoms with Crippen molar-refractivity contribution in [1.82, 2.24) is 4.90 Å². The lowest BCUT2D eigenvalue weighted by Crippen LogP contribution is -2.46. The summed E-state index contributed by atoms with van der Waals surface area (Å²) in [4.78, 5) is 14.8. The first-order chi connectivity index (χ1) is 11.7. The Morgan fingerprint density at radius 2 is 2.00 bits per heavy atom. The van der Waals surface area contributed by atoms with Gasteiger partial charge in [-0.3, -0.25) is 4.90 Å². The minimum Gasteiger partial charge on any atom is -0.444 e. The molecule has 138 valence electrons. The largest absolute Gasteiger partial charge is 0.444 e. The Hall–Kier alpha value is -1.55. The fraction of sp³-hybridized carbons (Fsp3) is 0.667. The molecule has 0 bridgehead atoms. The summed E-state index contributed by atoms with van der Waals surface area (Å²) in [5, 5.41) is 11.1. The van der Waals surface area contributed by atoms with Crippen molar-refractivity contribution in [2.45, 2.75) is 84.1 Å². The third-order valence-electron chi connectivity index (χ3n) is 5.60. The van der Waals surface area contributed by atoms with E-state index < -0.39 is 11.7 Å². The van der Waals surface area contributed by atoms with E-state index in [2.05, 4.69) is 6.07 Å². The molecule has 0 radical (unpaired) electrons. The molecule has 0 aromatic heterocycles. The molecular formula is C21H31NO3. The number of aryl methyl sites for hydroxylation is 2. The first kappa shape index (κ1) is 18.2. The molecular weight excluding hydrogens is 314 g/mol. The highest BCUT2D eigenvalue weighted by Gasteiger charge is 2.49. The molecule has 4 nitrogen and oxygen atoms in total. The monoisotopic (exact) mass is 345 g/mol. The number of aliphatic hydroxyl groups excluding tert-OH is 1. The summed E-state index contributed by atoms with van der Waals surface area (Å²) in [6, 6.07) is 6.15. The lowest BCUT2D eigenvalue weighted by atomic mass is 9.92. The molecule has 4 atom stereocenters. The lowest BCUT2D eigenvalue weighted by molar-refractivity contribution is -0.00512. The van der Waals surface area contributed by atoms with Crippen LogP contribution < -0.4 is 0 Å². The number of nitrogens with zero attached hydrogens (tertiary/aromatic N) is 1. The minimum absolute atomic E-state index is 0.203. The average molecular weight is 345 g/mol. The summed E-state index contributed by atoms with van der Waals surface area (Å²) >= 11 is 0. The molecule has 4 heteroatoms. The maximum Gasteiger partial charge on any atom is 0.410 e. The van der Waals surface area contributed by atoms with Crippen LogP contribution in [0.15, 0.2) is 18.2 Å². The topological polar surface area (TPSA) is 49.8 Å². The van der Waals surface area contributed by atoms with Gasteiger partial charge < -0.3 is 9.84 Å². The van der Waals surface area contributed by atoms with E-state index >= 15 is 0 Å². The molecule has 2 fully saturated rings. The van der Waals surface area contributed by atoms with Gasteiger partial charge in [0.05, 0.1) is 12.1 Å². The second kappa shape index (κ2) is 6.64. The molecule has 2 aliphatic rings. The lowest BCUT2D eigenvalue weighted by Gasteiger charge is -2.34. The maximum absolute atomic E-state index is 12.9. The highest BCUT2D eigenvalue weighted by atomic mass is 16.6. The number of rotatable bonds is 2. The zero-order chi connectivity index (χ0) is 18.4. The Morgan fingerprint density at radius 3 is 2.68 bits per heavy atom. The number of aliphatic hydroxyl groups is 1. The number of likely N-dealkylation sites (tertiary alicyclic amines) is 1. The Labute approximate surface area is 151 Å². The summed E-state index contributed by atoms with van der Waals surface area (Å²) in [6.45, 7) is 9.73. The highest BCUT2D eigenvalue weighted by Crippen LogP contribution is 2.45. The van der Waals surface area contributed by atoms with Crippen LogP contribution in [0.4, 0.5) is 4.79 Å². The molecule has 25 heavy (non-hydrogen) atoms. The predicted molar refractivity (Wildman–Crippen MR) is 98.5 cm³/mol. The Kier molecular flexibility index (Phi) is 4.84. The molecule has 1 amide bonds.